The molecule has 0 aromatic heterocycles. The summed E-state index contributed by atoms with van der Waals surface area (Å²) in [6, 6.07) is 3.52. The third kappa shape index (κ3) is 3.65. The van der Waals surface area contributed by atoms with E-state index in [1.807, 2.05) is 11.8 Å². The van der Waals surface area contributed by atoms with E-state index < -0.39 is 15.8 Å². The summed E-state index contributed by atoms with van der Waals surface area (Å²) in [5.41, 5.74) is 5.64. The van der Waals surface area contributed by atoms with Crippen molar-refractivity contribution in [2.75, 3.05) is 12.0 Å². The first kappa shape index (κ1) is 15.6. The first-order valence-electron chi connectivity index (χ1n) is 6.52. The van der Waals surface area contributed by atoms with Gasteiger partial charge in [-0.05, 0) is 50.1 Å². The number of rotatable bonds is 4. The number of sulfonamides is 1. The molecule has 0 amide bonds. The van der Waals surface area contributed by atoms with E-state index in [4.69, 9.17) is 5.73 Å². The van der Waals surface area contributed by atoms with E-state index in [1.165, 1.54) is 12.1 Å². The van der Waals surface area contributed by atoms with Gasteiger partial charge in [0.15, 0.2) is 0 Å². The Labute approximate surface area is 123 Å². The Bertz CT molecular complexity index is 570. The van der Waals surface area contributed by atoms with Crippen molar-refractivity contribution in [1.82, 2.24) is 4.72 Å². The summed E-state index contributed by atoms with van der Waals surface area (Å²) in [6.07, 6.45) is 5.62. The number of halogens is 1. The Balaban J connectivity index is 2.08. The van der Waals surface area contributed by atoms with E-state index in [0.29, 0.717) is 5.25 Å². The minimum Gasteiger partial charge on any atom is -0.399 e. The zero-order valence-corrected chi connectivity index (χ0v) is 12.9. The van der Waals surface area contributed by atoms with Crippen molar-refractivity contribution >= 4 is 27.5 Å². The van der Waals surface area contributed by atoms with Gasteiger partial charge in [0, 0.05) is 17.0 Å². The summed E-state index contributed by atoms with van der Waals surface area (Å²) in [6.45, 7) is 0. The van der Waals surface area contributed by atoms with Crippen molar-refractivity contribution in [2.24, 2.45) is 0 Å². The molecule has 4 nitrogen and oxygen atoms in total. The molecule has 1 aromatic carbocycles. The molecule has 0 heterocycles. The zero-order valence-electron chi connectivity index (χ0n) is 11.3. The van der Waals surface area contributed by atoms with Crippen molar-refractivity contribution in [1.29, 1.82) is 0 Å². The van der Waals surface area contributed by atoms with Crippen LogP contribution in [0.4, 0.5) is 10.1 Å². The standard InChI is InChI=1S/C13H19FN2O2S2/c1-19-11-5-3-10(4-6-11)16-20(17,18)13-7-2-9(15)8-12(13)14/h2,7-8,10-11,16H,3-6,15H2,1H3. The van der Waals surface area contributed by atoms with Gasteiger partial charge in [0.1, 0.15) is 10.7 Å². The number of benzene rings is 1. The van der Waals surface area contributed by atoms with E-state index in [1.54, 1.807) is 0 Å². The number of hydrogen-bond donors (Lipinski definition) is 2. The predicted octanol–water partition coefficient (Wildman–Crippen LogP) is 2.36. The SMILES string of the molecule is CSC1CCC(NS(=O)(=O)c2ccc(N)cc2F)CC1. The van der Waals surface area contributed by atoms with Crippen molar-refractivity contribution in [2.45, 2.75) is 41.9 Å². The maximum atomic E-state index is 13.7. The van der Waals surface area contributed by atoms with Crippen LogP contribution in [-0.2, 0) is 10.0 Å². The van der Waals surface area contributed by atoms with Gasteiger partial charge in [-0.2, -0.15) is 11.8 Å². The van der Waals surface area contributed by atoms with E-state index in [0.717, 1.165) is 31.7 Å². The lowest BCUT2D eigenvalue weighted by Gasteiger charge is -2.27. The summed E-state index contributed by atoms with van der Waals surface area (Å²) >= 11 is 1.82. The van der Waals surface area contributed by atoms with Gasteiger partial charge in [0.2, 0.25) is 10.0 Å². The van der Waals surface area contributed by atoms with Gasteiger partial charge in [0.25, 0.3) is 0 Å². The Kier molecular flexibility index (Phi) is 4.93. The summed E-state index contributed by atoms with van der Waals surface area (Å²) in [7, 11) is -3.82. The van der Waals surface area contributed by atoms with Crippen LogP contribution >= 0.6 is 11.8 Å². The highest BCUT2D eigenvalue weighted by atomic mass is 32.2. The van der Waals surface area contributed by atoms with E-state index in [9.17, 15) is 12.8 Å². The first-order chi connectivity index (χ1) is 9.42. The highest BCUT2D eigenvalue weighted by Gasteiger charge is 2.27. The Morgan fingerprint density at radius 2 is 1.95 bits per heavy atom. The Morgan fingerprint density at radius 1 is 1.30 bits per heavy atom. The molecule has 1 aromatic rings. The van der Waals surface area contributed by atoms with Gasteiger partial charge in [-0.1, -0.05) is 0 Å². The van der Waals surface area contributed by atoms with E-state index in [2.05, 4.69) is 11.0 Å². The van der Waals surface area contributed by atoms with Gasteiger partial charge in [-0.3, -0.25) is 0 Å². The molecule has 0 saturated heterocycles. The first-order valence-corrected chi connectivity index (χ1v) is 9.29. The van der Waals surface area contributed by atoms with Gasteiger partial charge >= 0.3 is 0 Å². The van der Waals surface area contributed by atoms with Crippen LogP contribution in [0.1, 0.15) is 25.7 Å². The highest BCUT2D eigenvalue weighted by molar-refractivity contribution is 7.99. The molecule has 0 atom stereocenters. The highest BCUT2D eigenvalue weighted by Crippen LogP contribution is 2.28. The molecule has 0 unspecified atom stereocenters. The second-order valence-electron chi connectivity index (χ2n) is 5.02. The molecular weight excluding hydrogens is 299 g/mol. The van der Waals surface area contributed by atoms with Crippen LogP contribution < -0.4 is 10.5 Å². The van der Waals surface area contributed by atoms with Crippen LogP contribution in [0.3, 0.4) is 0 Å². The van der Waals surface area contributed by atoms with Crippen molar-refractivity contribution < 1.29 is 12.8 Å². The van der Waals surface area contributed by atoms with Crippen molar-refractivity contribution in [3.8, 4) is 0 Å². The Hall–Kier alpha value is -0.790. The van der Waals surface area contributed by atoms with Crippen molar-refractivity contribution in [3.63, 3.8) is 0 Å². The van der Waals surface area contributed by atoms with Gasteiger partial charge in [-0.15, -0.1) is 0 Å². The average Bonchev–Trinajstić information content (AvgIpc) is 2.38. The lowest BCUT2D eigenvalue weighted by molar-refractivity contribution is 0.419. The Morgan fingerprint density at radius 3 is 2.50 bits per heavy atom. The molecule has 2 rings (SSSR count). The second kappa shape index (κ2) is 6.32. The quantitative estimate of drug-likeness (QED) is 0.836. The molecule has 1 aliphatic carbocycles. The molecule has 0 spiro atoms. The molecule has 0 aliphatic heterocycles. The van der Waals surface area contributed by atoms with Gasteiger partial charge < -0.3 is 5.73 Å². The van der Waals surface area contributed by atoms with Crippen LogP contribution in [0.2, 0.25) is 0 Å². The molecule has 7 heteroatoms. The van der Waals surface area contributed by atoms with E-state index >= 15 is 0 Å². The number of nitrogens with one attached hydrogen (secondary N) is 1. The summed E-state index contributed by atoms with van der Waals surface area (Å²) in [5, 5.41) is 0.601. The number of anilines is 1. The number of thioether (sulfide) groups is 1. The van der Waals surface area contributed by atoms with E-state index in [-0.39, 0.29) is 16.6 Å². The fourth-order valence-corrected chi connectivity index (χ4v) is 4.54. The zero-order chi connectivity index (χ0) is 14.8. The fourth-order valence-electron chi connectivity index (χ4n) is 2.43. The van der Waals surface area contributed by atoms with Gasteiger partial charge in [0.05, 0.1) is 0 Å². The number of nitrogens with two attached hydrogens (primary N) is 1. The predicted molar refractivity (Wildman–Crippen MR) is 80.7 cm³/mol. The number of nitrogen functional groups attached to an aromatic ring is 1. The lowest BCUT2D eigenvalue weighted by atomic mass is 9.96. The van der Waals surface area contributed by atoms with Crippen LogP contribution in [0.15, 0.2) is 23.1 Å². The summed E-state index contributed by atoms with van der Waals surface area (Å²) in [4.78, 5) is -0.335. The summed E-state index contributed by atoms with van der Waals surface area (Å²) in [5.74, 6) is -0.810. The molecule has 0 radical (unpaired) electrons. The molecule has 20 heavy (non-hydrogen) atoms. The average molecular weight is 318 g/mol. The maximum absolute atomic E-state index is 13.7. The lowest BCUT2D eigenvalue weighted by Crippen LogP contribution is -2.38. The third-order valence-corrected chi connectivity index (χ3v) is 6.27. The molecule has 1 saturated carbocycles. The minimum absolute atomic E-state index is 0.111. The topological polar surface area (TPSA) is 72.2 Å². The monoisotopic (exact) mass is 318 g/mol. The molecule has 1 fully saturated rings. The molecular formula is C13H19FN2O2S2. The molecule has 3 N–H and O–H groups in total. The molecule has 0 bridgehead atoms. The van der Waals surface area contributed by atoms with Crippen LogP contribution in [0.25, 0.3) is 0 Å². The van der Waals surface area contributed by atoms with Crippen LogP contribution in [-0.4, -0.2) is 26.0 Å². The normalized spacial score (nSPS) is 23.7. The number of hydrogen-bond acceptors (Lipinski definition) is 4. The smallest absolute Gasteiger partial charge is 0.243 e. The molecule has 112 valence electrons. The third-order valence-electron chi connectivity index (χ3n) is 3.57. The van der Waals surface area contributed by atoms with Crippen LogP contribution in [0.5, 0.6) is 0 Å². The van der Waals surface area contributed by atoms with Gasteiger partial charge in [-0.25, -0.2) is 17.5 Å². The fraction of sp³-hybridized carbons (Fsp3) is 0.538. The summed E-state index contributed by atoms with van der Waals surface area (Å²) < 4.78 is 40.7. The second-order valence-corrected chi connectivity index (χ2v) is 7.84. The molecule has 1 aliphatic rings. The largest absolute Gasteiger partial charge is 0.399 e. The van der Waals surface area contributed by atoms with Crippen LogP contribution in [0, 0.1) is 5.82 Å². The van der Waals surface area contributed by atoms with Crippen molar-refractivity contribution in [3.05, 3.63) is 24.0 Å². The maximum Gasteiger partial charge on any atom is 0.243 e. The minimum atomic E-state index is -3.82.